The molecule has 0 aliphatic rings. The Kier molecular flexibility index (Phi) is 3.40. The van der Waals surface area contributed by atoms with Gasteiger partial charge in [-0.15, -0.1) is 0 Å². The third kappa shape index (κ3) is 2.19. The Labute approximate surface area is 82.0 Å². The van der Waals surface area contributed by atoms with Crippen LogP contribution in [0.1, 0.15) is 22.8 Å². The zero-order chi connectivity index (χ0) is 10.6. The van der Waals surface area contributed by atoms with E-state index >= 15 is 0 Å². The summed E-state index contributed by atoms with van der Waals surface area (Å²) in [5.74, 6) is -0.0938. The van der Waals surface area contributed by atoms with Gasteiger partial charge in [-0.25, -0.2) is 4.39 Å². The van der Waals surface area contributed by atoms with E-state index in [0.717, 1.165) is 0 Å². The van der Waals surface area contributed by atoms with Crippen LogP contribution in [0.3, 0.4) is 0 Å². The maximum Gasteiger partial charge on any atom is 0.153 e. The van der Waals surface area contributed by atoms with Gasteiger partial charge in [0.05, 0.1) is 12.2 Å². The summed E-state index contributed by atoms with van der Waals surface area (Å²) in [5, 5.41) is 0. The largest absolute Gasteiger partial charge is 0.494 e. The van der Waals surface area contributed by atoms with Gasteiger partial charge in [-0.3, -0.25) is 4.79 Å². The number of rotatable bonds is 4. The Hall–Kier alpha value is -1.64. The minimum absolute atomic E-state index is 0.0170. The molecule has 0 spiro atoms. The molecule has 0 radical (unpaired) electrons. The quantitative estimate of drug-likeness (QED) is 0.544. The van der Waals surface area contributed by atoms with E-state index in [-0.39, 0.29) is 5.56 Å². The molecule has 0 saturated carbocycles. The Balaban J connectivity index is 3.00. The van der Waals surface area contributed by atoms with Crippen molar-refractivity contribution in [1.29, 1.82) is 0 Å². The maximum absolute atomic E-state index is 12.9. The third-order valence-electron chi connectivity index (χ3n) is 1.76. The topological polar surface area (TPSA) is 26.3 Å². The van der Waals surface area contributed by atoms with Crippen LogP contribution in [-0.2, 0) is 4.74 Å². The lowest BCUT2D eigenvalue weighted by molar-refractivity contribution is 0.112. The molecule has 0 N–H and O–H groups in total. The van der Waals surface area contributed by atoms with Crippen molar-refractivity contribution in [3.8, 4) is 0 Å². The molecule has 3 heteroatoms. The van der Waals surface area contributed by atoms with Gasteiger partial charge in [-0.2, -0.15) is 0 Å². The van der Waals surface area contributed by atoms with Crippen LogP contribution in [0.4, 0.5) is 4.39 Å². The summed E-state index contributed by atoms with van der Waals surface area (Å²) in [5.41, 5.74) is 0.638. The predicted molar refractivity (Wildman–Crippen MR) is 52.4 cm³/mol. The molecule has 0 fully saturated rings. The van der Waals surface area contributed by atoms with Crippen molar-refractivity contribution < 1.29 is 13.9 Å². The lowest BCUT2D eigenvalue weighted by atomic mass is 10.1. The number of aldehydes is 1. The number of halogens is 1. The molecule has 74 valence electrons. The second-order valence-corrected chi connectivity index (χ2v) is 2.71. The lowest BCUT2D eigenvalue weighted by Gasteiger charge is -2.07. The SMILES string of the molecule is C=C(OCC)c1ccc(F)c(C=O)c1. The van der Waals surface area contributed by atoms with Crippen LogP contribution in [0.25, 0.3) is 5.76 Å². The lowest BCUT2D eigenvalue weighted by Crippen LogP contribution is -1.94. The fourth-order valence-electron chi connectivity index (χ4n) is 1.07. The molecule has 1 aromatic rings. The zero-order valence-electron chi connectivity index (χ0n) is 7.92. The first kappa shape index (κ1) is 10.4. The van der Waals surface area contributed by atoms with E-state index in [1.54, 1.807) is 0 Å². The number of carbonyl (C=O) groups is 1. The average Bonchev–Trinajstić information content (AvgIpc) is 2.19. The van der Waals surface area contributed by atoms with Crippen molar-refractivity contribution >= 4 is 12.0 Å². The highest BCUT2D eigenvalue weighted by molar-refractivity contribution is 5.77. The van der Waals surface area contributed by atoms with E-state index in [1.165, 1.54) is 18.2 Å². The van der Waals surface area contributed by atoms with Gasteiger partial charge in [0, 0.05) is 5.56 Å². The fraction of sp³-hybridized carbons (Fsp3) is 0.182. The smallest absolute Gasteiger partial charge is 0.153 e. The van der Waals surface area contributed by atoms with Gasteiger partial charge in [-0.1, -0.05) is 6.58 Å². The standard InChI is InChI=1S/C11H11FO2/c1-3-14-8(2)9-4-5-11(12)10(6-9)7-13/h4-7H,2-3H2,1H3. The van der Waals surface area contributed by atoms with Crippen molar-refractivity contribution in [2.24, 2.45) is 0 Å². The summed E-state index contributed by atoms with van der Waals surface area (Å²) < 4.78 is 18.1. The fourth-order valence-corrected chi connectivity index (χ4v) is 1.07. The van der Waals surface area contributed by atoms with Gasteiger partial charge in [0.25, 0.3) is 0 Å². The van der Waals surface area contributed by atoms with Crippen LogP contribution < -0.4 is 0 Å². The summed E-state index contributed by atoms with van der Waals surface area (Å²) >= 11 is 0. The molecule has 0 amide bonds. The van der Waals surface area contributed by atoms with Crippen LogP contribution in [0, 0.1) is 5.82 Å². The third-order valence-corrected chi connectivity index (χ3v) is 1.76. The molecule has 1 rings (SSSR count). The van der Waals surface area contributed by atoms with E-state index in [4.69, 9.17) is 4.74 Å². The van der Waals surface area contributed by atoms with Gasteiger partial charge in [0.1, 0.15) is 11.6 Å². The Morgan fingerprint density at radius 3 is 2.93 bits per heavy atom. The molecule has 0 saturated heterocycles. The van der Waals surface area contributed by atoms with E-state index in [0.29, 0.717) is 24.2 Å². The Morgan fingerprint density at radius 2 is 2.36 bits per heavy atom. The van der Waals surface area contributed by atoms with E-state index < -0.39 is 5.82 Å². The normalized spacial score (nSPS) is 9.57. The zero-order valence-corrected chi connectivity index (χ0v) is 7.92. The van der Waals surface area contributed by atoms with Crippen molar-refractivity contribution in [2.75, 3.05) is 6.61 Å². The van der Waals surface area contributed by atoms with E-state index in [2.05, 4.69) is 6.58 Å². The summed E-state index contributed by atoms with van der Waals surface area (Å²) in [4.78, 5) is 10.4. The molecule has 1 aromatic carbocycles. The molecule has 0 bridgehead atoms. The van der Waals surface area contributed by atoms with Crippen molar-refractivity contribution in [3.05, 3.63) is 41.7 Å². The molecule has 14 heavy (non-hydrogen) atoms. The summed E-state index contributed by atoms with van der Waals surface area (Å²) in [6.45, 7) is 5.98. The first-order chi connectivity index (χ1) is 6.69. The predicted octanol–water partition coefficient (Wildman–Crippen LogP) is 2.65. The van der Waals surface area contributed by atoms with Crippen LogP contribution in [0.2, 0.25) is 0 Å². The number of carbonyl (C=O) groups excluding carboxylic acids is 1. The van der Waals surface area contributed by atoms with Crippen LogP contribution in [0.5, 0.6) is 0 Å². The molecule has 0 atom stereocenters. The molecule has 0 aliphatic carbocycles. The molecule has 0 aromatic heterocycles. The van der Waals surface area contributed by atoms with Crippen molar-refractivity contribution in [2.45, 2.75) is 6.92 Å². The summed E-state index contributed by atoms with van der Waals surface area (Å²) in [7, 11) is 0. The maximum atomic E-state index is 12.9. The highest BCUT2D eigenvalue weighted by atomic mass is 19.1. The highest BCUT2D eigenvalue weighted by Gasteiger charge is 2.05. The van der Waals surface area contributed by atoms with E-state index in [1.807, 2.05) is 6.92 Å². The molecule has 0 aliphatic heterocycles. The van der Waals surface area contributed by atoms with Gasteiger partial charge in [0.15, 0.2) is 6.29 Å². The summed E-state index contributed by atoms with van der Waals surface area (Å²) in [6, 6.07) is 4.17. The molecular formula is C11H11FO2. The van der Waals surface area contributed by atoms with Gasteiger partial charge in [0.2, 0.25) is 0 Å². The second-order valence-electron chi connectivity index (χ2n) is 2.71. The first-order valence-corrected chi connectivity index (χ1v) is 4.25. The minimum Gasteiger partial charge on any atom is -0.494 e. The van der Waals surface area contributed by atoms with Crippen LogP contribution in [0.15, 0.2) is 24.8 Å². The van der Waals surface area contributed by atoms with Crippen molar-refractivity contribution in [3.63, 3.8) is 0 Å². The number of ether oxygens (including phenoxy) is 1. The summed E-state index contributed by atoms with van der Waals surface area (Å²) in [6.07, 6.45) is 0.470. The van der Waals surface area contributed by atoms with Gasteiger partial charge in [-0.05, 0) is 25.1 Å². The van der Waals surface area contributed by atoms with Crippen molar-refractivity contribution in [1.82, 2.24) is 0 Å². The van der Waals surface area contributed by atoms with Gasteiger partial charge < -0.3 is 4.74 Å². The monoisotopic (exact) mass is 194 g/mol. The highest BCUT2D eigenvalue weighted by Crippen LogP contribution is 2.16. The Bertz CT molecular complexity index is 358. The molecule has 0 heterocycles. The number of hydrogen-bond donors (Lipinski definition) is 0. The average molecular weight is 194 g/mol. The number of hydrogen-bond acceptors (Lipinski definition) is 2. The first-order valence-electron chi connectivity index (χ1n) is 4.25. The van der Waals surface area contributed by atoms with Gasteiger partial charge >= 0.3 is 0 Å². The molecular weight excluding hydrogens is 183 g/mol. The minimum atomic E-state index is -0.534. The number of benzene rings is 1. The van der Waals surface area contributed by atoms with Crippen LogP contribution in [-0.4, -0.2) is 12.9 Å². The van der Waals surface area contributed by atoms with E-state index in [9.17, 15) is 9.18 Å². The second kappa shape index (κ2) is 4.56. The molecule has 2 nitrogen and oxygen atoms in total. The van der Waals surface area contributed by atoms with Crippen LogP contribution >= 0.6 is 0 Å². The molecule has 0 unspecified atom stereocenters. The Morgan fingerprint density at radius 1 is 1.64 bits per heavy atom.